The first-order chi connectivity index (χ1) is 8.20. The lowest BCUT2D eigenvalue weighted by Crippen LogP contribution is -2.22. The zero-order chi connectivity index (χ0) is 12.3. The third-order valence-corrected chi connectivity index (χ3v) is 2.97. The minimum absolute atomic E-state index is 0.149. The van der Waals surface area contributed by atoms with Crippen molar-refractivity contribution in [2.75, 3.05) is 13.7 Å². The van der Waals surface area contributed by atoms with Gasteiger partial charge in [-0.05, 0) is 57.5 Å². The summed E-state index contributed by atoms with van der Waals surface area (Å²) >= 11 is 0. The smallest absolute Gasteiger partial charge is 0.113 e. The molecule has 3 nitrogen and oxygen atoms in total. The first kappa shape index (κ1) is 12.1. The number of aryl methyl sites for hydroxylation is 2. The van der Waals surface area contributed by atoms with Gasteiger partial charge in [0.25, 0.3) is 0 Å². The predicted molar refractivity (Wildman–Crippen MR) is 68.8 cm³/mol. The second-order valence-electron chi connectivity index (χ2n) is 4.50. The normalized spacial score (nSPS) is 17.2. The van der Waals surface area contributed by atoms with Gasteiger partial charge in [-0.2, -0.15) is 0 Å². The lowest BCUT2D eigenvalue weighted by Gasteiger charge is -2.24. The molecule has 1 atom stereocenters. The van der Waals surface area contributed by atoms with Crippen LogP contribution in [0.4, 0.5) is 0 Å². The molecule has 0 aliphatic carbocycles. The molecule has 92 valence electrons. The van der Waals surface area contributed by atoms with Crippen LogP contribution in [-0.4, -0.2) is 18.6 Å². The van der Waals surface area contributed by atoms with Crippen LogP contribution in [0.15, 0.2) is 24.0 Å². The van der Waals surface area contributed by atoms with Crippen LogP contribution in [0.2, 0.25) is 0 Å². The van der Waals surface area contributed by atoms with Gasteiger partial charge in [0.2, 0.25) is 0 Å². The van der Waals surface area contributed by atoms with E-state index in [4.69, 9.17) is 4.74 Å². The van der Waals surface area contributed by atoms with Crippen molar-refractivity contribution in [2.24, 2.45) is 0 Å². The van der Waals surface area contributed by atoms with Crippen LogP contribution in [0.25, 0.3) is 0 Å². The number of pyridine rings is 1. The lowest BCUT2D eigenvalue weighted by molar-refractivity contribution is 0.169. The fraction of sp³-hybridized carbons (Fsp3) is 0.500. The summed E-state index contributed by atoms with van der Waals surface area (Å²) in [5, 5.41) is 3.32. The van der Waals surface area contributed by atoms with Crippen molar-refractivity contribution >= 4 is 0 Å². The fourth-order valence-electron chi connectivity index (χ4n) is 2.28. The number of rotatable bonds is 3. The summed E-state index contributed by atoms with van der Waals surface area (Å²) in [5.74, 6) is 1.05. The first-order valence-electron chi connectivity index (χ1n) is 6.16. The molecule has 0 saturated heterocycles. The number of hydrogen-bond donors (Lipinski definition) is 1. The zero-order valence-electron chi connectivity index (χ0n) is 10.8. The van der Waals surface area contributed by atoms with Crippen LogP contribution >= 0.6 is 0 Å². The van der Waals surface area contributed by atoms with E-state index in [1.807, 2.05) is 20.9 Å². The Hall–Kier alpha value is -1.35. The van der Waals surface area contributed by atoms with E-state index in [9.17, 15) is 0 Å². The van der Waals surface area contributed by atoms with Crippen molar-refractivity contribution < 1.29 is 4.74 Å². The van der Waals surface area contributed by atoms with Crippen LogP contribution in [-0.2, 0) is 4.74 Å². The van der Waals surface area contributed by atoms with Gasteiger partial charge in [-0.15, -0.1) is 0 Å². The van der Waals surface area contributed by atoms with Gasteiger partial charge in [0.1, 0.15) is 5.76 Å². The summed E-state index contributed by atoms with van der Waals surface area (Å²) in [7, 11) is 1.97. The SMILES string of the molecule is CNC(C1=CCCCO1)c1cc(C)nc(C)c1. The Kier molecular flexibility index (Phi) is 3.79. The van der Waals surface area contributed by atoms with Crippen molar-refractivity contribution in [1.82, 2.24) is 10.3 Å². The molecule has 1 N–H and O–H groups in total. The molecule has 2 heterocycles. The topological polar surface area (TPSA) is 34.1 Å². The van der Waals surface area contributed by atoms with Crippen molar-refractivity contribution in [2.45, 2.75) is 32.7 Å². The Balaban J connectivity index is 2.31. The molecule has 0 amide bonds. The molecule has 1 aromatic heterocycles. The van der Waals surface area contributed by atoms with E-state index in [-0.39, 0.29) is 6.04 Å². The van der Waals surface area contributed by atoms with Crippen molar-refractivity contribution in [1.29, 1.82) is 0 Å². The predicted octanol–water partition coefficient (Wildman–Crippen LogP) is 2.65. The molecule has 3 heteroatoms. The molecule has 0 aromatic carbocycles. The molecule has 1 aromatic rings. The highest BCUT2D eigenvalue weighted by Crippen LogP contribution is 2.26. The molecular formula is C14H20N2O. The summed E-state index contributed by atoms with van der Waals surface area (Å²) in [6.07, 6.45) is 4.42. The van der Waals surface area contributed by atoms with Gasteiger partial charge in [-0.1, -0.05) is 0 Å². The van der Waals surface area contributed by atoms with E-state index < -0.39 is 0 Å². The molecule has 2 rings (SSSR count). The molecule has 1 aliphatic heterocycles. The van der Waals surface area contributed by atoms with Gasteiger partial charge in [0.05, 0.1) is 12.6 Å². The van der Waals surface area contributed by atoms with E-state index in [2.05, 4.69) is 28.5 Å². The number of nitrogens with zero attached hydrogens (tertiary/aromatic N) is 1. The van der Waals surface area contributed by atoms with Crippen LogP contribution in [0, 0.1) is 13.8 Å². The highest BCUT2D eigenvalue weighted by atomic mass is 16.5. The minimum Gasteiger partial charge on any atom is -0.496 e. The van der Waals surface area contributed by atoms with E-state index in [0.717, 1.165) is 36.6 Å². The van der Waals surface area contributed by atoms with Gasteiger partial charge in [-0.3, -0.25) is 4.98 Å². The number of nitrogens with one attached hydrogen (secondary N) is 1. The van der Waals surface area contributed by atoms with Crippen molar-refractivity contribution in [3.63, 3.8) is 0 Å². The minimum atomic E-state index is 0.149. The lowest BCUT2D eigenvalue weighted by atomic mass is 10.0. The second-order valence-corrected chi connectivity index (χ2v) is 4.50. The Morgan fingerprint density at radius 1 is 1.29 bits per heavy atom. The average molecular weight is 232 g/mol. The Morgan fingerprint density at radius 2 is 2.00 bits per heavy atom. The highest BCUT2D eigenvalue weighted by Gasteiger charge is 2.18. The Labute approximate surface area is 103 Å². The van der Waals surface area contributed by atoms with E-state index in [0.29, 0.717) is 0 Å². The molecule has 1 unspecified atom stereocenters. The van der Waals surface area contributed by atoms with Gasteiger partial charge < -0.3 is 10.1 Å². The summed E-state index contributed by atoms with van der Waals surface area (Å²) in [6, 6.07) is 4.38. The maximum Gasteiger partial charge on any atom is 0.113 e. The quantitative estimate of drug-likeness (QED) is 0.870. The van der Waals surface area contributed by atoms with Crippen molar-refractivity contribution in [3.05, 3.63) is 40.9 Å². The third kappa shape index (κ3) is 2.86. The maximum absolute atomic E-state index is 5.74. The summed E-state index contributed by atoms with van der Waals surface area (Å²) in [6.45, 7) is 4.88. The fourth-order valence-corrected chi connectivity index (χ4v) is 2.28. The Bertz CT molecular complexity index is 406. The number of hydrogen-bond acceptors (Lipinski definition) is 3. The maximum atomic E-state index is 5.74. The summed E-state index contributed by atoms with van der Waals surface area (Å²) in [5.41, 5.74) is 3.33. The monoisotopic (exact) mass is 232 g/mol. The molecule has 17 heavy (non-hydrogen) atoms. The zero-order valence-corrected chi connectivity index (χ0v) is 10.8. The molecular weight excluding hydrogens is 212 g/mol. The van der Waals surface area contributed by atoms with E-state index >= 15 is 0 Å². The Morgan fingerprint density at radius 3 is 2.53 bits per heavy atom. The second kappa shape index (κ2) is 5.32. The van der Waals surface area contributed by atoms with Crippen LogP contribution < -0.4 is 5.32 Å². The largest absolute Gasteiger partial charge is 0.496 e. The molecule has 0 bridgehead atoms. The van der Waals surface area contributed by atoms with Crippen LogP contribution in [0.5, 0.6) is 0 Å². The van der Waals surface area contributed by atoms with Crippen molar-refractivity contribution in [3.8, 4) is 0 Å². The molecule has 0 fully saturated rings. The van der Waals surface area contributed by atoms with Crippen LogP contribution in [0.3, 0.4) is 0 Å². The van der Waals surface area contributed by atoms with E-state index in [1.54, 1.807) is 0 Å². The number of ether oxygens (including phenoxy) is 1. The summed E-state index contributed by atoms with van der Waals surface area (Å²) in [4.78, 5) is 4.41. The van der Waals surface area contributed by atoms with Gasteiger partial charge in [0.15, 0.2) is 0 Å². The summed E-state index contributed by atoms with van der Waals surface area (Å²) < 4.78 is 5.74. The molecule has 0 spiro atoms. The number of aromatic nitrogens is 1. The first-order valence-corrected chi connectivity index (χ1v) is 6.16. The van der Waals surface area contributed by atoms with E-state index in [1.165, 1.54) is 5.56 Å². The standard InChI is InChI=1S/C14H20N2O/c1-10-8-12(9-11(2)16-10)14(15-3)13-6-4-5-7-17-13/h6,8-9,14-15H,4-5,7H2,1-3H3. The molecule has 0 radical (unpaired) electrons. The highest BCUT2D eigenvalue weighted by molar-refractivity contribution is 5.29. The average Bonchev–Trinajstić information content (AvgIpc) is 2.30. The number of likely N-dealkylation sites (N-methyl/N-ethyl adjacent to an activating group) is 1. The van der Waals surface area contributed by atoms with Gasteiger partial charge >= 0.3 is 0 Å². The van der Waals surface area contributed by atoms with Crippen LogP contribution in [0.1, 0.15) is 35.8 Å². The molecule has 0 saturated carbocycles. The van der Waals surface area contributed by atoms with Gasteiger partial charge in [-0.25, -0.2) is 0 Å². The number of allylic oxidation sites excluding steroid dienone is 1. The van der Waals surface area contributed by atoms with Gasteiger partial charge in [0, 0.05) is 11.4 Å². The third-order valence-electron chi connectivity index (χ3n) is 2.97. The molecule has 1 aliphatic rings.